The number of allylic oxidation sites excluding steroid dienone is 2. The zero-order valence-corrected chi connectivity index (χ0v) is 8.67. The Morgan fingerprint density at radius 2 is 1.15 bits per heavy atom. The summed E-state index contributed by atoms with van der Waals surface area (Å²) in [5.41, 5.74) is 10.8. The molecule has 0 rings (SSSR count). The van der Waals surface area contributed by atoms with Gasteiger partial charge in [0.2, 0.25) is 0 Å². The first kappa shape index (κ1) is 12.7. The van der Waals surface area contributed by atoms with E-state index < -0.39 is 0 Å². The largest absolute Gasteiger partial charge is 0.330 e. The summed E-state index contributed by atoms with van der Waals surface area (Å²) in [4.78, 5) is 0. The molecule has 0 heterocycles. The Labute approximate surface area is 82.4 Å². The Bertz CT molecular complexity index is 111. The van der Waals surface area contributed by atoms with Crippen LogP contribution in [0.25, 0.3) is 0 Å². The molecule has 0 unspecified atom stereocenters. The van der Waals surface area contributed by atoms with Crippen LogP contribution in [0.2, 0.25) is 0 Å². The van der Waals surface area contributed by atoms with E-state index in [1.54, 1.807) is 0 Å². The van der Waals surface area contributed by atoms with Crippen molar-refractivity contribution < 1.29 is 0 Å². The second-order valence-electron chi connectivity index (χ2n) is 3.39. The molecule has 0 fully saturated rings. The zero-order chi connectivity index (χ0) is 9.78. The van der Waals surface area contributed by atoms with Crippen molar-refractivity contribution in [2.45, 2.75) is 44.9 Å². The van der Waals surface area contributed by atoms with Crippen LogP contribution >= 0.6 is 0 Å². The van der Waals surface area contributed by atoms with Gasteiger partial charge in [0.1, 0.15) is 0 Å². The number of nitrogens with two attached hydrogens (primary N) is 2. The molecule has 0 aromatic rings. The molecular formula is C11H24N2. The number of unbranched alkanes of at least 4 members (excludes halogenated alkanes) is 5. The van der Waals surface area contributed by atoms with Crippen LogP contribution in [0, 0.1) is 0 Å². The van der Waals surface area contributed by atoms with Gasteiger partial charge in [0, 0.05) is 0 Å². The van der Waals surface area contributed by atoms with E-state index in [1.807, 2.05) is 0 Å². The van der Waals surface area contributed by atoms with Crippen molar-refractivity contribution in [2.24, 2.45) is 11.5 Å². The van der Waals surface area contributed by atoms with Crippen molar-refractivity contribution in [3.8, 4) is 0 Å². The maximum atomic E-state index is 5.40. The summed E-state index contributed by atoms with van der Waals surface area (Å²) in [5, 5.41) is 0. The van der Waals surface area contributed by atoms with Crippen LogP contribution in [0.15, 0.2) is 12.2 Å². The van der Waals surface area contributed by atoms with Crippen molar-refractivity contribution in [2.75, 3.05) is 13.1 Å². The summed E-state index contributed by atoms with van der Waals surface area (Å²) in [6.45, 7) is 1.65. The molecule has 78 valence electrons. The van der Waals surface area contributed by atoms with Gasteiger partial charge in [0.15, 0.2) is 0 Å². The Morgan fingerprint density at radius 3 is 1.77 bits per heavy atom. The maximum absolute atomic E-state index is 5.40. The van der Waals surface area contributed by atoms with Crippen LogP contribution in [-0.2, 0) is 0 Å². The normalized spacial score (nSPS) is 11.2. The maximum Gasteiger partial charge on any atom is -0.00743 e. The topological polar surface area (TPSA) is 52.0 Å². The number of hydrogen-bond donors (Lipinski definition) is 2. The smallest absolute Gasteiger partial charge is 0.00743 e. The van der Waals surface area contributed by atoms with E-state index in [-0.39, 0.29) is 0 Å². The van der Waals surface area contributed by atoms with Crippen molar-refractivity contribution in [1.29, 1.82) is 0 Å². The summed E-state index contributed by atoms with van der Waals surface area (Å²) in [6, 6.07) is 0. The molecular weight excluding hydrogens is 160 g/mol. The second kappa shape index (κ2) is 11.7. The molecule has 0 bridgehead atoms. The van der Waals surface area contributed by atoms with E-state index in [2.05, 4.69) is 12.2 Å². The Kier molecular flexibility index (Phi) is 11.4. The second-order valence-corrected chi connectivity index (χ2v) is 3.39. The van der Waals surface area contributed by atoms with Crippen molar-refractivity contribution in [1.82, 2.24) is 0 Å². The van der Waals surface area contributed by atoms with Gasteiger partial charge < -0.3 is 11.5 Å². The van der Waals surface area contributed by atoms with E-state index in [4.69, 9.17) is 11.5 Å². The van der Waals surface area contributed by atoms with Gasteiger partial charge in [-0.2, -0.15) is 0 Å². The first-order valence-electron chi connectivity index (χ1n) is 5.47. The Hall–Kier alpha value is -0.340. The minimum absolute atomic E-state index is 0.806. The third-order valence-corrected chi connectivity index (χ3v) is 2.07. The van der Waals surface area contributed by atoms with Crippen LogP contribution in [0.3, 0.4) is 0 Å². The van der Waals surface area contributed by atoms with Gasteiger partial charge >= 0.3 is 0 Å². The van der Waals surface area contributed by atoms with Crippen LogP contribution in [0.4, 0.5) is 0 Å². The van der Waals surface area contributed by atoms with Gasteiger partial charge in [-0.25, -0.2) is 0 Å². The highest BCUT2D eigenvalue weighted by molar-refractivity contribution is 4.81. The lowest BCUT2D eigenvalue weighted by Crippen LogP contribution is -1.97. The number of rotatable bonds is 9. The molecule has 2 nitrogen and oxygen atoms in total. The lowest BCUT2D eigenvalue weighted by Gasteiger charge is -1.96. The quantitative estimate of drug-likeness (QED) is 0.426. The monoisotopic (exact) mass is 184 g/mol. The third-order valence-electron chi connectivity index (χ3n) is 2.07. The van der Waals surface area contributed by atoms with Gasteiger partial charge in [-0.1, -0.05) is 25.0 Å². The molecule has 0 aliphatic carbocycles. The fraction of sp³-hybridized carbons (Fsp3) is 0.818. The summed E-state index contributed by atoms with van der Waals surface area (Å²) >= 11 is 0. The predicted octanol–water partition coefficient (Wildman–Crippen LogP) is 2.19. The van der Waals surface area contributed by atoms with Gasteiger partial charge in [0.25, 0.3) is 0 Å². The van der Waals surface area contributed by atoms with E-state index in [0.717, 1.165) is 25.9 Å². The van der Waals surface area contributed by atoms with Crippen molar-refractivity contribution in [3.63, 3.8) is 0 Å². The lowest BCUT2D eigenvalue weighted by molar-refractivity contribution is 0.652. The molecule has 0 aliphatic heterocycles. The fourth-order valence-electron chi connectivity index (χ4n) is 1.23. The van der Waals surface area contributed by atoms with Crippen LogP contribution in [-0.4, -0.2) is 13.1 Å². The van der Waals surface area contributed by atoms with E-state index in [1.165, 1.54) is 32.1 Å². The molecule has 0 saturated carbocycles. The number of hydrogen-bond acceptors (Lipinski definition) is 2. The van der Waals surface area contributed by atoms with E-state index >= 15 is 0 Å². The average molecular weight is 184 g/mol. The molecule has 2 heteroatoms. The third kappa shape index (κ3) is 11.7. The van der Waals surface area contributed by atoms with Crippen LogP contribution in [0.1, 0.15) is 44.9 Å². The minimum Gasteiger partial charge on any atom is -0.330 e. The molecule has 0 aromatic heterocycles. The molecule has 0 amide bonds. The molecule has 0 atom stereocenters. The van der Waals surface area contributed by atoms with Gasteiger partial charge in [-0.3, -0.25) is 0 Å². The van der Waals surface area contributed by atoms with Gasteiger partial charge in [-0.15, -0.1) is 0 Å². The van der Waals surface area contributed by atoms with Gasteiger partial charge in [0.05, 0.1) is 0 Å². The summed E-state index contributed by atoms with van der Waals surface area (Å²) in [6.07, 6.45) is 13.1. The highest BCUT2D eigenvalue weighted by atomic mass is 14.5. The molecule has 0 radical (unpaired) electrons. The lowest BCUT2D eigenvalue weighted by atomic mass is 10.1. The highest BCUT2D eigenvalue weighted by Crippen LogP contribution is 2.03. The summed E-state index contributed by atoms with van der Waals surface area (Å²) < 4.78 is 0. The highest BCUT2D eigenvalue weighted by Gasteiger charge is 1.86. The molecule has 0 saturated heterocycles. The van der Waals surface area contributed by atoms with E-state index in [9.17, 15) is 0 Å². The first-order chi connectivity index (χ1) is 6.41. The molecule has 13 heavy (non-hydrogen) atoms. The molecule has 0 aliphatic rings. The van der Waals surface area contributed by atoms with E-state index in [0.29, 0.717) is 0 Å². The SMILES string of the molecule is NCCC/C=C/CCCCCCN. The van der Waals surface area contributed by atoms with Crippen LogP contribution < -0.4 is 11.5 Å². The summed E-state index contributed by atoms with van der Waals surface area (Å²) in [5.74, 6) is 0. The molecule has 4 N–H and O–H groups in total. The van der Waals surface area contributed by atoms with Crippen molar-refractivity contribution >= 4 is 0 Å². The average Bonchev–Trinajstić information content (AvgIpc) is 2.16. The Balaban J connectivity index is 2.93. The molecule has 0 spiro atoms. The first-order valence-corrected chi connectivity index (χ1v) is 5.47. The Morgan fingerprint density at radius 1 is 0.615 bits per heavy atom. The molecule has 0 aromatic carbocycles. The minimum atomic E-state index is 0.806. The predicted molar refractivity (Wildman–Crippen MR) is 59.6 cm³/mol. The fourth-order valence-corrected chi connectivity index (χ4v) is 1.23. The zero-order valence-electron chi connectivity index (χ0n) is 8.67. The standard InChI is InChI=1S/C11H24N2/c12-10-8-6-4-2-1-3-5-7-9-11-13/h2,4H,1,3,5-13H2/b4-2+. The van der Waals surface area contributed by atoms with Crippen LogP contribution in [0.5, 0.6) is 0 Å². The summed E-state index contributed by atoms with van der Waals surface area (Å²) in [7, 11) is 0. The van der Waals surface area contributed by atoms with Crippen molar-refractivity contribution in [3.05, 3.63) is 12.2 Å². The van der Waals surface area contributed by atoms with Gasteiger partial charge in [-0.05, 0) is 45.2 Å².